The molecule has 20 heavy (non-hydrogen) atoms. The van der Waals surface area contributed by atoms with E-state index in [1.807, 2.05) is 26.0 Å². The van der Waals surface area contributed by atoms with Crippen molar-refractivity contribution in [2.45, 2.75) is 19.9 Å². The lowest BCUT2D eigenvalue weighted by Crippen LogP contribution is -2.08. The zero-order chi connectivity index (χ0) is 14.7. The van der Waals surface area contributed by atoms with E-state index in [0.29, 0.717) is 10.9 Å². The molecule has 0 saturated heterocycles. The molecule has 0 fully saturated rings. The predicted octanol–water partition coefficient (Wildman–Crippen LogP) is 3.93. The Labute approximate surface area is 123 Å². The van der Waals surface area contributed by atoms with Crippen molar-refractivity contribution in [1.29, 1.82) is 0 Å². The topological polar surface area (TPSA) is 54.4 Å². The number of nitrogens with one attached hydrogen (secondary N) is 1. The van der Waals surface area contributed by atoms with Crippen LogP contribution < -0.4 is 10.1 Å². The van der Waals surface area contributed by atoms with E-state index in [4.69, 9.17) is 16.3 Å². The Morgan fingerprint density at radius 1 is 1.35 bits per heavy atom. The van der Waals surface area contributed by atoms with Crippen LogP contribution in [0.3, 0.4) is 0 Å². The zero-order valence-corrected chi connectivity index (χ0v) is 12.4. The van der Waals surface area contributed by atoms with Crippen molar-refractivity contribution in [1.82, 2.24) is 4.98 Å². The highest BCUT2D eigenvalue weighted by Crippen LogP contribution is 2.32. The average molecular weight is 293 g/mol. The molecule has 1 heterocycles. The summed E-state index contributed by atoms with van der Waals surface area (Å²) >= 11 is 6.11. The lowest BCUT2D eigenvalue weighted by molar-refractivity contribution is 0.373. The predicted molar refractivity (Wildman–Crippen MR) is 80.7 cm³/mol. The average Bonchev–Trinajstić information content (AvgIpc) is 2.43. The summed E-state index contributed by atoms with van der Waals surface area (Å²) in [6.45, 7) is 3.98. The summed E-state index contributed by atoms with van der Waals surface area (Å²) in [6, 6.07) is 7.16. The van der Waals surface area contributed by atoms with E-state index in [-0.39, 0.29) is 11.8 Å². The number of aromatic hydroxyl groups is 1. The lowest BCUT2D eigenvalue weighted by Gasteiger charge is -2.19. The van der Waals surface area contributed by atoms with Crippen LogP contribution in [0.1, 0.15) is 24.1 Å². The molecule has 2 N–H and O–H groups in total. The number of anilines is 1. The van der Waals surface area contributed by atoms with Crippen LogP contribution >= 0.6 is 11.6 Å². The molecular formula is C15H17ClN2O2. The van der Waals surface area contributed by atoms with Gasteiger partial charge in [0.15, 0.2) is 16.7 Å². The maximum Gasteiger partial charge on any atom is 0.160 e. The van der Waals surface area contributed by atoms with E-state index in [2.05, 4.69) is 10.3 Å². The number of hydrogen-bond acceptors (Lipinski definition) is 4. The molecule has 4 nitrogen and oxygen atoms in total. The van der Waals surface area contributed by atoms with Gasteiger partial charge in [-0.25, -0.2) is 4.98 Å². The second kappa shape index (κ2) is 6.01. The van der Waals surface area contributed by atoms with E-state index >= 15 is 0 Å². The van der Waals surface area contributed by atoms with Crippen molar-refractivity contribution in [2.24, 2.45) is 0 Å². The van der Waals surface area contributed by atoms with Gasteiger partial charge < -0.3 is 15.2 Å². The van der Waals surface area contributed by atoms with Crippen molar-refractivity contribution in [3.63, 3.8) is 0 Å². The third kappa shape index (κ3) is 2.96. The van der Waals surface area contributed by atoms with Gasteiger partial charge in [-0.05, 0) is 43.2 Å². The summed E-state index contributed by atoms with van der Waals surface area (Å²) in [5.41, 5.74) is 2.83. The Kier molecular flexibility index (Phi) is 4.35. The number of rotatable bonds is 4. The van der Waals surface area contributed by atoms with E-state index in [9.17, 15) is 5.11 Å². The number of nitrogens with zero attached hydrogens (tertiary/aromatic N) is 1. The van der Waals surface area contributed by atoms with Crippen molar-refractivity contribution in [3.05, 3.63) is 46.7 Å². The minimum absolute atomic E-state index is 0.00454. The smallest absolute Gasteiger partial charge is 0.160 e. The van der Waals surface area contributed by atoms with Gasteiger partial charge in [0.1, 0.15) is 0 Å². The molecule has 1 aromatic heterocycles. The number of pyridine rings is 1. The van der Waals surface area contributed by atoms with Crippen molar-refractivity contribution in [2.75, 3.05) is 12.4 Å². The number of methoxy groups -OCH3 is 1. The third-order valence-electron chi connectivity index (χ3n) is 3.18. The van der Waals surface area contributed by atoms with Gasteiger partial charge in [-0.1, -0.05) is 17.7 Å². The molecule has 1 atom stereocenters. The molecule has 1 unspecified atom stereocenters. The number of halogens is 1. The number of ether oxygens (including phenoxy) is 1. The largest absolute Gasteiger partial charge is 0.504 e. The molecule has 0 aliphatic carbocycles. The Balaban J connectivity index is 2.26. The molecule has 0 aliphatic rings. The van der Waals surface area contributed by atoms with E-state index in [0.717, 1.165) is 16.8 Å². The fourth-order valence-electron chi connectivity index (χ4n) is 1.96. The van der Waals surface area contributed by atoms with Crippen LogP contribution in [-0.4, -0.2) is 17.2 Å². The van der Waals surface area contributed by atoms with Gasteiger partial charge in [0.2, 0.25) is 0 Å². The molecule has 0 aliphatic heterocycles. The van der Waals surface area contributed by atoms with Gasteiger partial charge in [-0.2, -0.15) is 0 Å². The molecule has 106 valence electrons. The summed E-state index contributed by atoms with van der Waals surface area (Å²) in [6.07, 6.45) is 1.68. The third-order valence-corrected chi connectivity index (χ3v) is 3.46. The fraction of sp³-hybridized carbons (Fsp3) is 0.267. The van der Waals surface area contributed by atoms with Crippen LogP contribution in [0, 0.1) is 6.92 Å². The molecule has 0 radical (unpaired) electrons. The van der Waals surface area contributed by atoms with Gasteiger partial charge in [-0.3, -0.25) is 0 Å². The van der Waals surface area contributed by atoms with Gasteiger partial charge in [0.05, 0.1) is 12.8 Å². The molecule has 0 spiro atoms. The summed E-state index contributed by atoms with van der Waals surface area (Å²) in [7, 11) is 1.53. The van der Waals surface area contributed by atoms with Gasteiger partial charge in [0, 0.05) is 12.2 Å². The molecule has 0 amide bonds. The Morgan fingerprint density at radius 3 is 2.75 bits per heavy atom. The Morgan fingerprint density at radius 2 is 2.10 bits per heavy atom. The first-order chi connectivity index (χ1) is 9.52. The quantitative estimate of drug-likeness (QED) is 0.838. The second-order valence-electron chi connectivity index (χ2n) is 4.59. The number of benzene rings is 1. The molecule has 0 bridgehead atoms. The SMILES string of the molecule is COc1cc(C(C)Nc2c(C)ccnc2Cl)ccc1O. The van der Waals surface area contributed by atoms with Crippen LogP contribution in [0.25, 0.3) is 0 Å². The number of aromatic nitrogens is 1. The first-order valence-corrected chi connectivity index (χ1v) is 6.65. The standard InChI is InChI=1S/C15H17ClN2O2/c1-9-6-7-17-15(16)14(9)18-10(2)11-4-5-12(19)13(8-11)20-3/h4-8,10,18-19H,1-3H3. The first-order valence-electron chi connectivity index (χ1n) is 6.27. The summed E-state index contributed by atoms with van der Waals surface area (Å²) in [5.74, 6) is 0.573. The van der Waals surface area contributed by atoms with Gasteiger partial charge in [0.25, 0.3) is 0 Å². The second-order valence-corrected chi connectivity index (χ2v) is 4.95. The van der Waals surface area contributed by atoms with Gasteiger partial charge >= 0.3 is 0 Å². The highest BCUT2D eigenvalue weighted by molar-refractivity contribution is 6.32. The highest BCUT2D eigenvalue weighted by atomic mass is 35.5. The van der Waals surface area contributed by atoms with Crippen LogP contribution in [-0.2, 0) is 0 Å². The number of aryl methyl sites for hydroxylation is 1. The molecular weight excluding hydrogens is 276 g/mol. The number of phenolic OH excluding ortho intramolecular Hbond substituents is 1. The normalized spacial score (nSPS) is 12.0. The maximum atomic E-state index is 9.62. The van der Waals surface area contributed by atoms with E-state index in [1.54, 1.807) is 18.3 Å². The van der Waals surface area contributed by atoms with E-state index in [1.165, 1.54) is 7.11 Å². The van der Waals surface area contributed by atoms with Crippen molar-refractivity contribution in [3.8, 4) is 11.5 Å². The first kappa shape index (κ1) is 14.5. The monoisotopic (exact) mass is 292 g/mol. The van der Waals surface area contributed by atoms with Crippen LogP contribution in [0.5, 0.6) is 11.5 Å². The number of phenols is 1. The molecule has 2 aromatic rings. The summed E-state index contributed by atoms with van der Waals surface area (Å²) in [4.78, 5) is 4.07. The van der Waals surface area contributed by atoms with E-state index < -0.39 is 0 Å². The van der Waals surface area contributed by atoms with Crippen molar-refractivity contribution >= 4 is 17.3 Å². The fourth-order valence-corrected chi connectivity index (χ4v) is 2.22. The lowest BCUT2D eigenvalue weighted by atomic mass is 10.1. The summed E-state index contributed by atoms with van der Waals surface area (Å²) in [5, 5.41) is 13.4. The Hall–Kier alpha value is -1.94. The molecule has 2 rings (SSSR count). The number of hydrogen-bond donors (Lipinski definition) is 2. The zero-order valence-electron chi connectivity index (χ0n) is 11.6. The Bertz CT molecular complexity index is 597. The van der Waals surface area contributed by atoms with Gasteiger partial charge in [-0.15, -0.1) is 0 Å². The summed E-state index contributed by atoms with van der Waals surface area (Å²) < 4.78 is 5.12. The molecule has 1 aromatic carbocycles. The molecule has 5 heteroatoms. The molecule has 0 saturated carbocycles. The van der Waals surface area contributed by atoms with Crippen LogP contribution in [0.2, 0.25) is 5.15 Å². The van der Waals surface area contributed by atoms with Crippen LogP contribution in [0.15, 0.2) is 30.5 Å². The highest BCUT2D eigenvalue weighted by Gasteiger charge is 2.12. The maximum absolute atomic E-state index is 9.62. The minimum atomic E-state index is 0.00454. The van der Waals surface area contributed by atoms with Crippen molar-refractivity contribution < 1.29 is 9.84 Å². The van der Waals surface area contributed by atoms with Crippen LogP contribution in [0.4, 0.5) is 5.69 Å². The minimum Gasteiger partial charge on any atom is -0.504 e.